The van der Waals surface area contributed by atoms with Gasteiger partial charge in [0.1, 0.15) is 26.7 Å². The zero-order valence-corrected chi connectivity index (χ0v) is 17.2. The summed E-state index contributed by atoms with van der Waals surface area (Å²) in [6.07, 6.45) is 0.595. The lowest BCUT2D eigenvalue weighted by molar-refractivity contribution is -0.109. The topological polar surface area (TPSA) is 108 Å². The maximum atomic E-state index is 12.7. The Hall–Kier alpha value is -2.88. The van der Waals surface area contributed by atoms with Gasteiger partial charge in [-0.25, -0.2) is 8.93 Å². The summed E-state index contributed by atoms with van der Waals surface area (Å²) in [4.78, 5) is 10.3. The van der Waals surface area contributed by atoms with Crippen molar-refractivity contribution in [3.8, 4) is 34.1 Å². The highest BCUT2D eigenvalue weighted by atomic mass is 32.2. The highest BCUT2D eigenvalue weighted by Crippen LogP contribution is 2.40. The number of aryl methyl sites for hydroxylation is 1. The average Bonchev–Trinajstić information content (AvgIpc) is 3.18. The molecule has 3 aromatic rings. The predicted octanol–water partition coefficient (Wildman–Crippen LogP) is 3.29. The zero-order valence-electron chi connectivity index (χ0n) is 15.5. The molecular weight excluding hydrogens is 412 g/mol. The summed E-state index contributed by atoms with van der Waals surface area (Å²) in [6, 6.07) is 11.8. The molecule has 152 valence electrons. The monoisotopic (exact) mass is 432 g/mol. The van der Waals surface area contributed by atoms with E-state index in [9.17, 15) is 19.2 Å². The first-order valence-corrected chi connectivity index (χ1v) is 10.7. The van der Waals surface area contributed by atoms with Gasteiger partial charge in [-0.05, 0) is 42.1 Å². The summed E-state index contributed by atoms with van der Waals surface area (Å²) < 4.78 is 22.2. The van der Waals surface area contributed by atoms with Gasteiger partial charge in [0.15, 0.2) is 11.5 Å². The number of hydrogen-bond acceptors (Lipinski definition) is 6. The minimum atomic E-state index is -1.45. The van der Waals surface area contributed by atoms with Crippen molar-refractivity contribution in [2.75, 3.05) is 13.1 Å². The van der Waals surface area contributed by atoms with E-state index in [2.05, 4.69) is 10.0 Å². The van der Waals surface area contributed by atoms with Gasteiger partial charge < -0.3 is 20.3 Å². The zero-order chi connectivity index (χ0) is 20.8. The Kier molecular flexibility index (Phi) is 6.86. The van der Waals surface area contributed by atoms with Gasteiger partial charge in [-0.1, -0.05) is 12.1 Å². The molecule has 0 spiro atoms. The van der Waals surface area contributed by atoms with Crippen molar-refractivity contribution in [2.24, 2.45) is 0 Å². The van der Waals surface area contributed by atoms with Crippen LogP contribution in [0.4, 0.5) is 0 Å². The van der Waals surface area contributed by atoms with Gasteiger partial charge in [-0.15, -0.1) is 11.3 Å². The summed E-state index contributed by atoms with van der Waals surface area (Å²) in [5.41, 5.74) is 2.49. The smallest absolute Gasteiger partial charge is 0.207 e. The molecule has 0 saturated carbocycles. The minimum absolute atomic E-state index is 0.229. The van der Waals surface area contributed by atoms with Crippen molar-refractivity contribution >= 4 is 28.7 Å². The molecule has 2 aromatic carbocycles. The van der Waals surface area contributed by atoms with E-state index in [1.54, 1.807) is 6.07 Å². The van der Waals surface area contributed by atoms with Crippen molar-refractivity contribution < 1.29 is 24.0 Å². The molecule has 0 aliphatic heterocycles. The number of nitrogens with one attached hydrogen (secondary N) is 2. The standard InChI is InChI=1S/C20H20N2O5S2/c1-13-2-4-15(19(10-13)27-14-3-5-17(24)18(25)11-14)16-6-9-28-20(16)29(26)22-8-7-21-12-23/h2-6,9-12,22,24-25H,7-8H2,1H3,(H,21,23). The Morgan fingerprint density at radius 2 is 1.90 bits per heavy atom. The van der Waals surface area contributed by atoms with Crippen LogP contribution in [-0.4, -0.2) is 33.9 Å². The molecule has 0 fully saturated rings. The number of phenolic OH excluding ortho intramolecular Hbond substituents is 2. The summed E-state index contributed by atoms with van der Waals surface area (Å²) in [5.74, 6) is 0.395. The molecule has 1 atom stereocenters. The van der Waals surface area contributed by atoms with Gasteiger partial charge in [-0.3, -0.25) is 4.79 Å². The second-order valence-electron chi connectivity index (χ2n) is 6.11. The fourth-order valence-electron chi connectivity index (χ4n) is 2.61. The first kappa shape index (κ1) is 20.8. The molecule has 0 radical (unpaired) electrons. The molecule has 0 aliphatic carbocycles. The Morgan fingerprint density at radius 1 is 1.07 bits per heavy atom. The van der Waals surface area contributed by atoms with Crippen LogP contribution in [0.5, 0.6) is 23.0 Å². The number of phenols is 2. The van der Waals surface area contributed by atoms with Crippen LogP contribution in [0.25, 0.3) is 11.1 Å². The molecular formula is C20H20N2O5S2. The average molecular weight is 433 g/mol. The quantitative estimate of drug-likeness (QED) is 0.236. The predicted molar refractivity (Wildman–Crippen MR) is 113 cm³/mol. The number of amides is 1. The Bertz CT molecular complexity index is 1040. The van der Waals surface area contributed by atoms with E-state index < -0.39 is 11.0 Å². The summed E-state index contributed by atoms with van der Waals surface area (Å²) in [5, 5.41) is 23.6. The molecule has 9 heteroatoms. The molecule has 1 aromatic heterocycles. The van der Waals surface area contributed by atoms with E-state index in [-0.39, 0.29) is 11.5 Å². The summed E-state index contributed by atoms with van der Waals surface area (Å²) in [6.45, 7) is 2.67. The van der Waals surface area contributed by atoms with Crippen LogP contribution in [0.3, 0.4) is 0 Å². The SMILES string of the molecule is Cc1ccc(-c2ccsc2S(=O)NCCNC=O)c(Oc2ccc(O)c(O)c2)c1. The van der Waals surface area contributed by atoms with Crippen LogP contribution >= 0.6 is 11.3 Å². The molecule has 0 saturated heterocycles. The molecule has 3 rings (SSSR count). The fraction of sp³-hybridized carbons (Fsp3) is 0.150. The van der Waals surface area contributed by atoms with E-state index in [1.807, 2.05) is 36.6 Å². The van der Waals surface area contributed by atoms with Gasteiger partial charge in [0.25, 0.3) is 0 Å². The van der Waals surface area contributed by atoms with Crippen LogP contribution < -0.4 is 14.8 Å². The third-order valence-corrected chi connectivity index (χ3v) is 6.46. The van der Waals surface area contributed by atoms with Crippen molar-refractivity contribution in [1.29, 1.82) is 0 Å². The Balaban J connectivity index is 1.90. The molecule has 0 bridgehead atoms. The number of benzene rings is 2. The molecule has 1 heterocycles. The number of aromatic hydroxyl groups is 2. The van der Waals surface area contributed by atoms with Crippen molar-refractivity contribution in [2.45, 2.75) is 11.1 Å². The van der Waals surface area contributed by atoms with Crippen LogP contribution in [0.15, 0.2) is 52.1 Å². The lowest BCUT2D eigenvalue weighted by Crippen LogP contribution is -2.27. The van der Waals surface area contributed by atoms with Gasteiger partial charge in [0, 0.05) is 30.3 Å². The van der Waals surface area contributed by atoms with Gasteiger partial charge in [-0.2, -0.15) is 0 Å². The number of thiophene rings is 1. The fourth-order valence-corrected chi connectivity index (χ4v) is 4.73. The maximum Gasteiger partial charge on any atom is 0.207 e. The third-order valence-electron chi connectivity index (χ3n) is 3.99. The maximum absolute atomic E-state index is 12.7. The molecule has 4 N–H and O–H groups in total. The molecule has 7 nitrogen and oxygen atoms in total. The highest BCUT2D eigenvalue weighted by Gasteiger charge is 2.17. The van der Waals surface area contributed by atoms with E-state index >= 15 is 0 Å². The summed E-state index contributed by atoms with van der Waals surface area (Å²) in [7, 11) is -1.45. The van der Waals surface area contributed by atoms with Crippen LogP contribution in [0.1, 0.15) is 5.56 Å². The number of carbonyl (C=O) groups is 1. The summed E-state index contributed by atoms with van der Waals surface area (Å²) >= 11 is 1.36. The van der Waals surface area contributed by atoms with E-state index in [1.165, 1.54) is 23.5 Å². The van der Waals surface area contributed by atoms with Crippen LogP contribution in [0.2, 0.25) is 0 Å². The van der Waals surface area contributed by atoms with Gasteiger partial charge >= 0.3 is 0 Å². The van der Waals surface area contributed by atoms with Crippen LogP contribution in [-0.2, 0) is 15.8 Å². The third kappa shape index (κ3) is 5.14. The molecule has 1 amide bonds. The molecule has 29 heavy (non-hydrogen) atoms. The highest BCUT2D eigenvalue weighted by molar-refractivity contribution is 7.85. The lowest BCUT2D eigenvalue weighted by atomic mass is 10.1. The van der Waals surface area contributed by atoms with Crippen LogP contribution in [0, 0.1) is 6.92 Å². The number of carbonyl (C=O) groups excluding carboxylic acids is 1. The largest absolute Gasteiger partial charge is 0.504 e. The van der Waals surface area contributed by atoms with Crippen molar-refractivity contribution in [3.63, 3.8) is 0 Å². The first-order chi connectivity index (χ1) is 14.0. The lowest BCUT2D eigenvalue weighted by Gasteiger charge is -2.13. The number of rotatable bonds is 9. The second-order valence-corrected chi connectivity index (χ2v) is 8.52. The second kappa shape index (κ2) is 9.55. The number of ether oxygens (including phenoxy) is 1. The molecule has 1 unspecified atom stereocenters. The normalized spacial score (nSPS) is 11.8. The van der Waals surface area contributed by atoms with E-state index in [0.717, 1.165) is 16.7 Å². The Labute approximate surface area is 174 Å². The number of hydrogen-bond donors (Lipinski definition) is 4. The Morgan fingerprint density at radius 3 is 2.66 bits per heavy atom. The van der Waals surface area contributed by atoms with E-state index in [4.69, 9.17) is 4.74 Å². The van der Waals surface area contributed by atoms with Gasteiger partial charge in [0.05, 0.1) is 0 Å². The van der Waals surface area contributed by atoms with E-state index in [0.29, 0.717) is 35.2 Å². The first-order valence-electron chi connectivity index (χ1n) is 8.70. The van der Waals surface area contributed by atoms with Crippen molar-refractivity contribution in [3.05, 3.63) is 53.4 Å². The minimum Gasteiger partial charge on any atom is -0.504 e. The van der Waals surface area contributed by atoms with Crippen molar-refractivity contribution in [1.82, 2.24) is 10.0 Å². The molecule has 0 aliphatic rings. The van der Waals surface area contributed by atoms with Gasteiger partial charge in [0.2, 0.25) is 6.41 Å².